The van der Waals surface area contributed by atoms with E-state index in [4.69, 9.17) is 0 Å². The van der Waals surface area contributed by atoms with E-state index in [-0.39, 0.29) is 16.7 Å². The van der Waals surface area contributed by atoms with Crippen LogP contribution in [0.4, 0.5) is 4.39 Å². The molecule has 17 heavy (non-hydrogen) atoms. The first-order valence-electron chi connectivity index (χ1n) is 5.85. The summed E-state index contributed by atoms with van der Waals surface area (Å²) in [6.07, 6.45) is 2.80. The Hall–Kier alpha value is -0.940. The van der Waals surface area contributed by atoms with Gasteiger partial charge >= 0.3 is 0 Å². The lowest BCUT2D eigenvalue weighted by Gasteiger charge is -2.26. The van der Waals surface area contributed by atoms with Crippen molar-refractivity contribution in [1.29, 1.82) is 0 Å². The van der Waals surface area contributed by atoms with Crippen LogP contribution >= 0.6 is 0 Å². The Labute approximate surface area is 100.0 Å². The fraction of sp³-hybridized carbons (Fsp3) is 0.500. The molecule has 1 N–H and O–H groups in total. The molecule has 1 fully saturated rings. The fourth-order valence-corrected chi connectivity index (χ4v) is 4.05. The van der Waals surface area contributed by atoms with E-state index in [0.29, 0.717) is 18.0 Å². The SMILES string of the molecule is O=S1(=O)CCC(NC2CC2)c2cccc(F)c21. The average Bonchev–Trinajstić information content (AvgIpc) is 3.06. The van der Waals surface area contributed by atoms with Crippen LogP contribution in [-0.4, -0.2) is 20.2 Å². The van der Waals surface area contributed by atoms with Gasteiger partial charge in [-0.25, -0.2) is 12.8 Å². The predicted octanol–water partition coefficient (Wildman–Crippen LogP) is 1.80. The summed E-state index contributed by atoms with van der Waals surface area (Å²) in [5.41, 5.74) is 0.600. The van der Waals surface area contributed by atoms with E-state index in [2.05, 4.69) is 5.32 Å². The summed E-state index contributed by atoms with van der Waals surface area (Å²) in [5.74, 6) is -0.588. The van der Waals surface area contributed by atoms with E-state index in [1.165, 1.54) is 6.07 Å². The van der Waals surface area contributed by atoms with Crippen molar-refractivity contribution in [2.45, 2.75) is 36.2 Å². The summed E-state index contributed by atoms with van der Waals surface area (Å²) in [4.78, 5) is -0.0931. The van der Waals surface area contributed by atoms with E-state index in [9.17, 15) is 12.8 Å². The second kappa shape index (κ2) is 3.78. The Morgan fingerprint density at radius 1 is 1.24 bits per heavy atom. The van der Waals surface area contributed by atoms with Crippen molar-refractivity contribution >= 4 is 9.84 Å². The Kier molecular flexibility index (Phi) is 2.48. The summed E-state index contributed by atoms with van der Waals surface area (Å²) in [6.45, 7) is 0. The lowest BCUT2D eigenvalue weighted by atomic mass is 10.0. The second-order valence-electron chi connectivity index (χ2n) is 4.76. The topological polar surface area (TPSA) is 46.2 Å². The zero-order valence-electron chi connectivity index (χ0n) is 9.32. The highest BCUT2D eigenvalue weighted by Gasteiger charge is 2.35. The summed E-state index contributed by atoms with van der Waals surface area (Å²) in [7, 11) is -3.44. The minimum atomic E-state index is -3.44. The van der Waals surface area contributed by atoms with Crippen molar-refractivity contribution in [1.82, 2.24) is 5.32 Å². The minimum absolute atomic E-state index is 0.0169. The molecule has 1 saturated carbocycles. The van der Waals surface area contributed by atoms with E-state index in [1.807, 2.05) is 0 Å². The van der Waals surface area contributed by atoms with Crippen LogP contribution in [0.1, 0.15) is 30.9 Å². The molecule has 2 aliphatic rings. The van der Waals surface area contributed by atoms with Gasteiger partial charge in [0.15, 0.2) is 9.84 Å². The smallest absolute Gasteiger partial charge is 0.181 e. The number of fused-ring (bicyclic) bond motifs is 1. The number of sulfone groups is 1. The molecule has 0 saturated heterocycles. The minimum Gasteiger partial charge on any atom is -0.307 e. The van der Waals surface area contributed by atoms with Crippen molar-refractivity contribution in [3.8, 4) is 0 Å². The van der Waals surface area contributed by atoms with Gasteiger partial charge in [0.05, 0.1) is 5.75 Å². The standard InChI is InChI=1S/C12H14FNO2S/c13-10-3-1-2-9-11(14-8-4-5-8)6-7-17(15,16)12(9)10/h1-3,8,11,14H,4-7H2. The molecule has 0 bridgehead atoms. The largest absolute Gasteiger partial charge is 0.307 e. The van der Waals surface area contributed by atoms with Crippen LogP contribution in [0.25, 0.3) is 0 Å². The molecule has 0 aromatic heterocycles. The summed E-state index contributed by atoms with van der Waals surface area (Å²) in [5, 5.41) is 3.38. The van der Waals surface area contributed by atoms with Crippen molar-refractivity contribution in [2.75, 3.05) is 5.75 Å². The van der Waals surface area contributed by atoms with Gasteiger partial charge < -0.3 is 5.32 Å². The van der Waals surface area contributed by atoms with Crippen LogP contribution in [-0.2, 0) is 9.84 Å². The fourth-order valence-electron chi connectivity index (χ4n) is 2.37. The Balaban J connectivity index is 2.07. The van der Waals surface area contributed by atoms with Crippen LogP contribution in [0.2, 0.25) is 0 Å². The molecule has 0 amide bonds. The summed E-state index contributed by atoms with van der Waals surface area (Å²) in [6, 6.07) is 4.98. The zero-order chi connectivity index (χ0) is 12.0. The first-order valence-corrected chi connectivity index (χ1v) is 7.50. The molecular weight excluding hydrogens is 241 g/mol. The van der Waals surface area contributed by atoms with E-state index in [1.54, 1.807) is 12.1 Å². The van der Waals surface area contributed by atoms with Gasteiger partial charge in [-0.05, 0) is 30.9 Å². The normalized spacial score (nSPS) is 26.5. The highest BCUT2D eigenvalue weighted by Crippen LogP contribution is 2.35. The zero-order valence-corrected chi connectivity index (χ0v) is 10.1. The number of halogens is 1. The molecule has 1 heterocycles. The van der Waals surface area contributed by atoms with Crippen LogP contribution in [0.15, 0.2) is 23.1 Å². The van der Waals surface area contributed by atoms with Crippen LogP contribution < -0.4 is 5.32 Å². The van der Waals surface area contributed by atoms with Crippen LogP contribution in [0, 0.1) is 5.82 Å². The molecule has 0 spiro atoms. The van der Waals surface area contributed by atoms with Crippen molar-refractivity contribution in [3.05, 3.63) is 29.6 Å². The molecule has 3 nitrogen and oxygen atoms in total. The van der Waals surface area contributed by atoms with E-state index < -0.39 is 15.7 Å². The Morgan fingerprint density at radius 2 is 2.00 bits per heavy atom. The molecular formula is C12H14FNO2S. The maximum absolute atomic E-state index is 13.7. The van der Waals surface area contributed by atoms with Crippen molar-refractivity contribution < 1.29 is 12.8 Å². The van der Waals surface area contributed by atoms with Crippen molar-refractivity contribution in [2.24, 2.45) is 0 Å². The predicted molar refractivity (Wildman–Crippen MR) is 62.0 cm³/mol. The summed E-state index contributed by atoms with van der Waals surface area (Å²) < 4.78 is 37.4. The maximum atomic E-state index is 13.7. The van der Waals surface area contributed by atoms with Gasteiger partial charge in [-0.1, -0.05) is 12.1 Å². The first kappa shape index (κ1) is 11.2. The Morgan fingerprint density at radius 3 is 2.71 bits per heavy atom. The number of hydrogen-bond donors (Lipinski definition) is 1. The van der Waals surface area contributed by atoms with Gasteiger partial charge in [-0.3, -0.25) is 0 Å². The maximum Gasteiger partial charge on any atom is 0.181 e. The third-order valence-corrected chi connectivity index (χ3v) is 5.20. The third kappa shape index (κ3) is 1.98. The van der Waals surface area contributed by atoms with E-state index in [0.717, 1.165) is 12.8 Å². The van der Waals surface area contributed by atoms with Gasteiger partial charge in [-0.2, -0.15) is 0 Å². The lowest BCUT2D eigenvalue weighted by molar-refractivity contribution is 0.474. The van der Waals surface area contributed by atoms with Gasteiger partial charge in [0.25, 0.3) is 0 Å². The number of hydrogen-bond acceptors (Lipinski definition) is 3. The highest BCUT2D eigenvalue weighted by atomic mass is 32.2. The molecule has 3 rings (SSSR count). The second-order valence-corrected chi connectivity index (χ2v) is 6.81. The Bertz CT molecular complexity index is 552. The molecule has 1 aliphatic carbocycles. The molecule has 1 aliphatic heterocycles. The monoisotopic (exact) mass is 255 g/mol. The van der Waals surface area contributed by atoms with Gasteiger partial charge in [0, 0.05) is 12.1 Å². The van der Waals surface area contributed by atoms with Crippen LogP contribution in [0.5, 0.6) is 0 Å². The molecule has 5 heteroatoms. The average molecular weight is 255 g/mol. The molecule has 1 aromatic rings. The lowest BCUT2D eigenvalue weighted by Crippen LogP contribution is -2.31. The number of rotatable bonds is 2. The third-order valence-electron chi connectivity index (χ3n) is 3.37. The quantitative estimate of drug-likeness (QED) is 0.876. The number of nitrogens with one attached hydrogen (secondary N) is 1. The number of benzene rings is 1. The van der Waals surface area contributed by atoms with Gasteiger partial charge in [0.2, 0.25) is 0 Å². The molecule has 1 atom stereocenters. The van der Waals surface area contributed by atoms with E-state index >= 15 is 0 Å². The van der Waals surface area contributed by atoms with Gasteiger partial charge in [-0.15, -0.1) is 0 Å². The van der Waals surface area contributed by atoms with Crippen molar-refractivity contribution in [3.63, 3.8) is 0 Å². The molecule has 92 valence electrons. The molecule has 1 unspecified atom stereocenters. The summed E-state index contributed by atoms with van der Waals surface area (Å²) >= 11 is 0. The first-order chi connectivity index (χ1) is 8.08. The highest BCUT2D eigenvalue weighted by molar-refractivity contribution is 7.91. The van der Waals surface area contributed by atoms with Crippen LogP contribution in [0.3, 0.4) is 0 Å². The molecule has 0 radical (unpaired) electrons. The molecule has 1 aromatic carbocycles. The van der Waals surface area contributed by atoms with Gasteiger partial charge in [0.1, 0.15) is 10.7 Å².